The van der Waals surface area contributed by atoms with E-state index in [1.807, 2.05) is 19.2 Å². The minimum atomic E-state index is -0.814. The number of carbonyl (C=O) groups is 2. The van der Waals surface area contributed by atoms with Crippen LogP contribution in [0.15, 0.2) is 60.7 Å². The van der Waals surface area contributed by atoms with E-state index in [9.17, 15) is 9.59 Å². The van der Waals surface area contributed by atoms with Crippen molar-refractivity contribution in [1.82, 2.24) is 5.32 Å². The van der Waals surface area contributed by atoms with Crippen molar-refractivity contribution in [3.05, 3.63) is 71.8 Å². The van der Waals surface area contributed by atoms with Crippen molar-refractivity contribution in [1.29, 1.82) is 0 Å². The number of urea groups is 1. The first-order valence-electron chi connectivity index (χ1n) is 10.7. The van der Waals surface area contributed by atoms with Gasteiger partial charge in [0.05, 0.1) is 0 Å². The molecule has 0 aliphatic rings. The summed E-state index contributed by atoms with van der Waals surface area (Å²) < 4.78 is -0.665. The maximum Gasteiger partial charge on any atom is 0.318 e. The molecule has 0 aromatic heterocycles. The fraction of sp³-hybridized carbons (Fsp3) is 0.440. The molecular formula is C25H35BrN2O2. The minimum Gasteiger partial charge on any atom is -0.351 e. The van der Waals surface area contributed by atoms with Crippen LogP contribution < -0.4 is 11.1 Å². The maximum absolute atomic E-state index is 11.3. The van der Waals surface area contributed by atoms with Crippen LogP contribution in [0, 0.1) is 0 Å². The average Bonchev–Trinajstić information content (AvgIpc) is 2.77. The highest BCUT2D eigenvalue weighted by Crippen LogP contribution is 2.31. The molecule has 0 heterocycles. The van der Waals surface area contributed by atoms with Gasteiger partial charge in [-0.3, -0.25) is 10.1 Å². The summed E-state index contributed by atoms with van der Waals surface area (Å²) in [6.45, 7) is 8.34. The lowest BCUT2D eigenvalue weighted by Crippen LogP contribution is -2.46. The van der Waals surface area contributed by atoms with Crippen LogP contribution in [0.5, 0.6) is 0 Å². The van der Waals surface area contributed by atoms with Crippen molar-refractivity contribution < 1.29 is 9.59 Å². The highest BCUT2D eigenvalue weighted by Gasteiger charge is 2.32. The van der Waals surface area contributed by atoms with E-state index in [-0.39, 0.29) is 5.91 Å². The molecule has 2 aromatic carbocycles. The monoisotopic (exact) mass is 474 g/mol. The predicted octanol–water partition coefficient (Wildman–Crippen LogP) is 6.51. The molecule has 0 radical (unpaired) electrons. The summed E-state index contributed by atoms with van der Waals surface area (Å²) >= 11 is 3.26. The molecule has 0 saturated carbocycles. The van der Waals surface area contributed by atoms with Crippen LogP contribution in [0.2, 0.25) is 0 Å². The third kappa shape index (κ3) is 8.31. The van der Waals surface area contributed by atoms with Crippen LogP contribution in [0.1, 0.15) is 76.3 Å². The topological polar surface area (TPSA) is 72.2 Å². The Bertz CT molecular complexity index is 761. The van der Waals surface area contributed by atoms with E-state index in [2.05, 4.69) is 90.4 Å². The van der Waals surface area contributed by atoms with Gasteiger partial charge in [0.15, 0.2) is 0 Å². The van der Waals surface area contributed by atoms with Crippen molar-refractivity contribution in [3.8, 4) is 0 Å². The van der Waals surface area contributed by atoms with Crippen molar-refractivity contribution in [3.63, 3.8) is 0 Å². The number of amides is 3. The summed E-state index contributed by atoms with van der Waals surface area (Å²) in [7, 11) is 0. The summed E-state index contributed by atoms with van der Waals surface area (Å²) in [6, 6.07) is 20.9. The van der Waals surface area contributed by atoms with E-state index in [1.54, 1.807) is 0 Å². The van der Waals surface area contributed by atoms with Crippen LogP contribution in [0.4, 0.5) is 4.79 Å². The molecule has 164 valence electrons. The molecule has 0 bridgehead atoms. The second-order valence-electron chi connectivity index (χ2n) is 7.55. The number of imide groups is 1. The van der Waals surface area contributed by atoms with E-state index >= 15 is 0 Å². The summed E-state index contributed by atoms with van der Waals surface area (Å²) in [6.07, 6.45) is 3.66. The van der Waals surface area contributed by atoms with Crippen molar-refractivity contribution in [2.75, 3.05) is 0 Å². The van der Waals surface area contributed by atoms with Crippen molar-refractivity contribution in [2.24, 2.45) is 5.73 Å². The molecule has 0 fully saturated rings. The standard InChI is InChI=1S/C18H22.C7H13BrN2O2/c1-3-16(18-12-8-5-9-13-18)14-15(2)17-10-6-4-7-11-17;1-3-7(8,4-2)5(11)10-6(9)12/h4-13,15-16H,3,14H2,1-2H3;3-4H2,1-2H3,(H3,9,10,11,12). The van der Waals surface area contributed by atoms with Crippen LogP contribution in [0.25, 0.3) is 0 Å². The van der Waals surface area contributed by atoms with E-state index in [4.69, 9.17) is 5.73 Å². The van der Waals surface area contributed by atoms with Crippen LogP contribution in [0.3, 0.4) is 0 Å². The molecule has 30 heavy (non-hydrogen) atoms. The van der Waals surface area contributed by atoms with Crippen LogP contribution >= 0.6 is 15.9 Å². The van der Waals surface area contributed by atoms with Gasteiger partial charge in [-0.25, -0.2) is 4.79 Å². The molecule has 3 N–H and O–H groups in total. The van der Waals surface area contributed by atoms with Gasteiger partial charge in [0.1, 0.15) is 4.32 Å². The molecular weight excluding hydrogens is 440 g/mol. The van der Waals surface area contributed by atoms with E-state index < -0.39 is 10.4 Å². The van der Waals surface area contributed by atoms with Gasteiger partial charge in [0.2, 0.25) is 5.91 Å². The number of halogens is 1. The Balaban J connectivity index is 0.000000329. The zero-order valence-electron chi connectivity index (χ0n) is 18.5. The zero-order chi connectivity index (χ0) is 22.6. The Morgan fingerprint density at radius 3 is 1.80 bits per heavy atom. The van der Waals surface area contributed by atoms with Gasteiger partial charge in [-0.1, -0.05) is 104 Å². The lowest BCUT2D eigenvalue weighted by atomic mass is 9.85. The molecule has 0 saturated heterocycles. The molecule has 2 unspecified atom stereocenters. The number of rotatable bonds is 8. The molecule has 2 aromatic rings. The fourth-order valence-electron chi connectivity index (χ4n) is 3.40. The van der Waals surface area contributed by atoms with Gasteiger partial charge in [-0.2, -0.15) is 0 Å². The van der Waals surface area contributed by atoms with Gasteiger partial charge in [0.25, 0.3) is 0 Å². The van der Waals surface area contributed by atoms with Crippen LogP contribution in [-0.4, -0.2) is 16.3 Å². The third-order valence-electron chi connectivity index (χ3n) is 5.53. The molecule has 3 amide bonds. The average molecular weight is 475 g/mol. The quantitative estimate of drug-likeness (QED) is 0.427. The molecule has 2 atom stereocenters. The number of alkyl halides is 1. The summed E-state index contributed by atoms with van der Waals surface area (Å²) in [5.74, 6) is 0.915. The summed E-state index contributed by atoms with van der Waals surface area (Å²) in [4.78, 5) is 21.6. The molecule has 0 aliphatic carbocycles. The van der Waals surface area contributed by atoms with E-state index in [1.165, 1.54) is 24.0 Å². The zero-order valence-corrected chi connectivity index (χ0v) is 20.1. The van der Waals surface area contributed by atoms with Gasteiger partial charge in [-0.05, 0) is 48.6 Å². The normalized spacial score (nSPS) is 12.8. The Morgan fingerprint density at radius 2 is 1.40 bits per heavy atom. The highest BCUT2D eigenvalue weighted by molar-refractivity contribution is 9.10. The lowest BCUT2D eigenvalue weighted by molar-refractivity contribution is -0.122. The SMILES string of the molecule is CCC(Br)(CC)C(=O)NC(N)=O.CCC(CC(C)c1ccccc1)c1ccccc1. The van der Waals surface area contributed by atoms with Crippen LogP contribution in [-0.2, 0) is 4.79 Å². The number of hydrogen-bond acceptors (Lipinski definition) is 2. The predicted molar refractivity (Wildman–Crippen MR) is 129 cm³/mol. The summed E-state index contributed by atoms with van der Waals surface area (Å²) in [5.41, 5.74) is 7.73. The van der Waals surface area contributed by atoms with Crippen molar-refractivity contribution >= 4 is 27.9 Å². The smallest absolute Gasteiger partial charge is 0.318 e. The van der Waals surface area contributed by atoms with Gasteiger partial charge < -0.3 is 5.73 Å². The molecule has 4 nitrogen and oxygen atoms in total. The van der Waals surface area contributed by atoms with Gasteiger partial charge >= 0.3 is 6.03 Å². The Labute approximate surface area is 189 Å². The number of hydrogen-bond donors (Lipinski definition) is 2. The number of primary amides is 1. The number of carbonyl (C=O) groups excluding carboxylic acids is 2. The third-order valence-corrected chi connectivity index (χ3v) is 7.02. The fourth-order valence-corrected chi connectivity index (χ4v) is 3.50. The summed E-state index contributed by atoms with van der Waals surface area (Å²) in [5, 5.41) is 2.04. The van der Waals surface area contributed by atoms with Crippen molar-refractivity contribution in [2.45, 2.75) is 69.5 Å². The van der Waals surface area contributed by atoms with Gasteiger partial charge in [0, 0.05) is 0 Å². The van der Waals surface area contributed by atoms with Gasteiger partial charge in [-0.15, -0.1) is 0 Å². The lowest BCUT2D eigenvalue weighted by Gasteiger charge is -2.21. The molecule has 0 aliphatic heterocycles. The number of nitrogens with one attached hydrogen (secondary N) is 1. The van der Waals surface area contributed by atoms with E-state index in [0.29, 0.717) is 24.7 Å². The first-order valence-corrected chi connectivity index (χ1v) is 11.5. The second kappa shape index (κ2) is 13.2. The van der Waals surface area contributed by atoms with E-state index in [0.717, 1.165) is 0 Å². The minimum absolute atomic E-state index is 0.375. The highest BCUT2D eigenvalue weighted by atomic mass is 79.9. The second-order valence-corrected chi connectivity index (χ2v) is 9.07. The Kier molecular flexibility index (Phi) is 11.4. The molecule has 5 heteroatoms. The number of benzene rings is 2. The largest absolute Gasteiger partial charge is 0.351 e. The molecule has 0 spiro atoms. The number of nitrogens with two attached hydrogens (primary N) is 1. The molecule has 2 rings (SSSR count). The first-order chi connectivity index (χ1) is 14.3. The first kappa shape index (κ1) is 25.9. The maximum atomic E-state index is 11.3. The Hall–Kier alpha value is -2.14. The Morgan fingerprint density at radius 1 is 0.933 bits per heavy atom.